The van der Waals surface area contributed by atoms with Crippen LogP contribution in [0.3, 0.4) is 0 Å². The summed E-state index contributed by atoms with van der Waals surface area (Å²) in [5, 5.41) is 7.60. The minimum Gasteiger partial charge on any atom is -0.309 e. The highest BCUT2D eigenvalue weighted by Gasteiger charge is 2.20. The van der Waals surface area contributed by atoms with Crippen molar-refractivity contribution in [2.75, 3.05) is 0 Å². The molecule has 48 heavy (non-hydrogen) atoms. The summed E-state index contributed by atoms with van der Waals surface area (Å²) in [5.74, 6) is 0. The number of hydrogen-bond donors (Lipinski definition) is 0. The van der Waals surface area contributed by atoms with Gasteiger partial charge in [0.1, 0.15) is 0 Å². The smallest absolute Gasteiger partial charge is 0.0548 e. The van der Waals surface area contributed by atoms with Crippen LogP contribution in [0.15, 0.2) is 182 Å². The molecule has 2 heteroatoms. The predicted molar refractivity (Wildman–Crippen MR) is 203 cm³/mol. The van der Waals surface area contributed by atoms with E-state index in [-0.39, 0.29) is 0 Å². The van der Waals surface area contributed by atoms with E-state index in [1.165, 1.54) is 82.3 Å². The van der Waals surface area contributed by atoms with Crippen LogP contribution in [0.1, 0.15) is 0 Å². The Morgan fingerprint density at radius 1 is 0.271 bits per heavy atom. The quantitative estimate of drug-likeness (QED) is 0.188. The highest BCUT2D eigenvalue weighted by Crippen LogP contribution is 2.42. The first-order valence-corrected chi connectivity index (χ1v) is 16.5. The molecule has 0 radical (unpaired) electrons. The third-order valence-corrected chi connectivity index (χ3v) is 9.87. The van der Waals surface area contributed by atoms with Gasteiger partial charge in [0.2, 0.25) is 0 Å². The van der Waals surface area contributed by atoms with Crippen molar-refractivity contribution in [1.82, 2.24) is 9.13 Å². The molecule has 0 aliphatic heterocycles. The Morgan fingerprint density at radius 2 is 0.771 bits per heavy atom. The third-order valence-electron chi connectivity index (χ3n) is 9.87. The topological polar surface area (TPSA) is 9.86 Å². The lowest BCUT2D eigenvalue weighted by Gasteiger charge is -2.12. The first kappa shape index (κ1) is 26.8. The monoisotopic (exact) mass is 610 g/mol. The van der Waals surface area contributed by atoms with E-state index in [0.717, 1.165) is 5.69 Å². The van der Waals surface area contributed by atoms with Crippen molar-refractivity contribution in [1.29, 1.82) is 0 Å². The Balaban J connectivity index is 1.22. The maximum atomic E-state index is 2.44. The van der Waals surface area contributed by atoms with Crippen LogP contribution in [0.4, 0.5) is 0 Å². The lowest BCUT2D eigenvalue weighted by Crippen LogP contribution is -1.95. The van der Waals surface area contributed by atoms with Gasteiger partial charge in [-0.15, -0.1) is 0 Å². The molecule has 0 N–H and O–H groups in total. The molecular formula is C46H30N2. The molecule has 0 aliphatic carbocycles. The van der Waals surface area contributed by atoms with Gasteiger partial charge in [-0.2, -0.15) is 0 Å². The lowest BCUT2D eigenvalue weighted by molar-refractivity contribution is 1.17. The first-order chi connectivity index (χ1) is 23.8. The molecule has 0 saturated heterocycles. The molecule has 8 aromatic carbocycles. The van der Waals surface area contributed by atoms with Gasteiger partial charge >= 0.3 is 0 Å². The fourth-order valence-electron chi connectivity index (χ4n) is 7.72. The summed E-state index contributed by atoms with van der Waals surface area (Å²) >= 11 is 0. The molecule has 10 rings (SSSR count). The lowest BCUT2D eigenvalue weighted by atomic mass is 9.99. The Morgan fingerprint density at radius 3 is 1.46 bits per heavy atom. The zero-order chi connectivity index (χ0) is 31.6. The molecule has 2 aromatic heterocycles. The minimum absolute atomic E-state index is 1.15. The molecule has 2 heterocycles. The summed E-state index contributed by atoms with van der Waals surface area (Å²) in [7, 11) is 0. The van der Waals surface area contributed by atoms with Crippen LogP contribution in [-0.4, -0.2) is 9.13 Å². The Hall–Kier alpha value is -6.38. The number of aromatic nitrogens is 2. The van der Waals surface area contributed by atoms with Crippen LogP contribution in [0.5, 0.6) is 0 Å². The number of rotatable bonds is 4. The maximum Gasteiger partial charge on any atom is 0.0548 e. The number of fused-ring (bicyclic) bond motifs is 8. The minimum atomic E-state index is 1.15. The fraction of sp³-hybridized carbons (Fsp3) is 0. The van der Waals surface area contributed by atoms with Gasteiger partial charge in [0.25, 0.3) is 0 Å². The molecule has 0 spiro atoms. The molecule has 0 aliphatic rings. The van der Waals surface area contributed by atoms with Crippen molar-refractivity contribution < 1.29 is 0 Å². The Kier molecular flexibility index (Phi) is 5.91. The molecule has 0 amide bonds. The average molecular weight is 611 g/mol. The van der Waals surface area contributed by atoms with E-state index in [2.05, 4.69) is 191 Å². The van der Waals surface area contributed by atoms with Gasteiger partial charge in [0.05, 0.1) is 22.1 Å². The largest absolute Gasteiger partial charge is 0.309 e. The fourth-order valence-corrected chi connectivity index (χ4v) is 7.72. The molecule has 224 valence electrons. The second-order valence-corrected chi connectivity index (χ2v) is 12.6. The van der Waals surface area contributed by atoms with E-state index in [1.54, 1.807) is 0 Å². The zero-order valence-corrected chi connectivity index (χ0v) is 26.2. The van der Waals surface area contributed by atoms with Crippen molar-refractivity contribution in [3.63, 3.8) is 0 Å². The second-order valence-electron chi connectivity index (χ2n) is 12.6. The van der Waals surface area contributed by atoms with Gasteiger partial charge in [-0.1, -0.05) is 127 Å². The van der Waals surface area contributed by atoms with Crippen molar-refractivity contribution in [2.24, 2.45) is 0 Å². The number of nitrogens with zero attached hydrogens (tertiary/aromatic N) is 2. The third kappa shape index (κ3) is 4.06. The van der Waals surface area contributed by atoms with Gasteiger partial charge in [-0.25, -0.2) is 0 Å². The molecule has 0 unspecified atom stereocenters. The highest BCUT2D eigenvalue weighted by atomic mass is 15.0. The van der Waals surface area contributed by atoms with E-state index in [1.807, 2.05) is 0 Å². The van der Waals surface area contributed by atoms with Crippen LogP contribution >= 0.6 is 0 Å². The number of hydrogen-bond acceptors (Lipinski definition) is 0. The van der Waals surface area contributed by atoms with Gasteiger partial charge in [-0.05, 0) is 87.6 Å². The standard InChI is InChI=1S/C46H30N2/c1-2-12-31(13-3-1)33-16-10-17-34(28-33)36-18-11-19-37(30-36)47-41-22-8-6-20-39(41)45-43(47)26-27-44-46(45)40-21-7-9-23-42(40)48(44)38-25-24-32-14-4-5-15-35(32)29-38/h1-30H. The summed E-state index contributed by atoms with van der Waals surface area (Å²) in [5.41, 5.74) is 12.0. The Labute approximate surface area is 278 Å². The van der Waals surface area contributed by atoms with Crippen molar-refractivity contribution >= 4 is 54.4 Å². The molecule has 0 atom stereocenters. The molecule has 10 aromatic rings. The zero-order valence-electron chi connectivity index (χ0n) is 26.2. The molecule has 0 bridgehead atoms. The summed E-state index contributed by atoms with van der Waals surface area (Å²) < 4.78 is 4.87. The van der Waals surface area contributed by atoms with Crippen molar-refractivity contribution in [3.8, 4) is 33.6 Å². The van der Waals surface area contributed by atoms with Crippen molar-refractivity contribution in [2.45, 2.75) is 0 Å². The van der Waals surface area contributed by atoms with Gasteiger partial charge < -0.3 is 9.13 Å². The summed E-state index contributed by atoms with van der Waals surface area (Å²) in [6, 6.07) is 66.2. The summed E-state index contributed by atoms with van der Waals surface area (Å²) in [6.07, 6.45) is 0. The average Bonchev–Trinajstić information content (AvgIpc) is 3.68. The Bertz CT molecular complexity index is 2830. The van der Waals surface area contributed by atoms with Crippen LogP contribution in [0, 0.1) is 0 Å². The van der Waals surface area contributed by atoms with E-state index >= 15 is 0 Å². The second kappa shape index (κ2) is 10.6. The maximum absolute atomic E-state index is 2.44. The van der Waals surface area contributed by atoms with Crippen LogP contribution in [0.25, 0.3) is 88.0 Å². The molecular weight excluding hydrogens is 581 g/mol. The van der Waals surface area contributed by atoms with Crippen LogP contribution in [0.2, 0.25) is 0 Å². The van der Waals surface area contributed by atoms with E-state index in [9.17, 15) is 0 Å². The van der Waals surface area contributed by atoms with Crippen molar-refractivity contribution in [3.05, 3.63) is 182 Å². The van der Waals surface area contributed by atoms with E-state index in [0.29, 0.717) is 0 Å². The van der Waals surface area contributed by atoms with Gasteiger partial charge in [0, 0.05) is 32.9 Å². The highest BCUT2D eigenvalue weighted by molar-refractivity contribution is 6.29. The van der Waals surface area contributed by atoms with Crippen LogP contribution in [-0.2, 0) is 0 Å². The SMILES string of the molecule is c1ccc(-c2cccc(-c3cccc(-n4c5ccccc5c5c6c7ccccc7n(-c7ccc8ccccc8c7)c6ccc54)c3)c2)cc1. The summed E-state index contributed by atoms with van der Waals surface area (Å²) in [4.78, 5) is 0. The van der Waals surface area contributed by atoms with Crippen LogP contribution < -0.4 is 0 Å². The number of para-hydroxylation sites is 2. The predicted octanol–water partition coefficient (Wildman–Crippen LogP) is 12.4. The molecule has 0 saturated carbocycles. The van der Waals surface area contributed by atoms with Gasteiger partial charge in [0.15, 0.2) is 0 Å². The molecule has 2 nitrogen and oxygen atoms in total. The van der Waals surface area contributed by atoms with E-state index in [4.69, 9.17) is 0 Å². The summed E-state index contributed by atoms with van der Waals surface area (Å²) in [6.45, 7) is 0. The van der Waals surface area contributed by atoms with Gasteiger partial charge in [-0.3, -0.25) is 0 Å². The number of benzene rings is 8. The first-order valence-electron chi connectivity index (χ1n) is 16.5. The molecule has 0 fully saturated rings. The van der Waals surface area contributed by atoms with E-state index < -0.39 is 0 Å². The normalized spacial score (nSPS) is 11.8.